The first-order valence-electron chi connectivity index (χ1n) is 9.13. The summed E-state index contributed by atoms with van der Waals surface area (Å²) >= 11 is 0. The molecule has 2 aromatic carbocycles. The van der Waals surface area contributed by atoms with Crippen LogP contribution in [0.3, 0.4) is 0 Å². The van der Waals surface area contributed by atoms with E-state index in [9.17, 15) is 0 Å². The molecule has 0 saturated carbocycles. The molecule has 0 N–H and O–H groups in total. The topological polar surface area (TPSA) is 0 Å². The number of benzene rings is 2. The van der Waals surface area contributed by atoms with Gasteiger partial charge in [0.2, 0.25) is 0 Å². The van der Waals surface area contributed by atoms with E-state index in [0.717, 1.165) is 28.7 Å². The molecule has 1 aliphatic carbocycles. The van der Waals surface area contributed by atoms with Gasteiger partial charge in [-0.05, 0) is 42.7 Å². The highest BCUT2D eigenvalue weighted by molar-refractivity contribution is 5.61. The number of hydrogen-bond donors (Lipinski definition) is 0. The van der Waals surface area contributed by atoms with Crippen molar-refractivity contribution >= 4 is 0 Å². The lowest BCUT2D eigenvalue weighted by molar-refractivity contribution is 0.607. The van der Waals surface area contributed by atoms with Gasteiger partial charge in [0.25, 0.3) is 0 Å². The van der Waals surface area contributed by atoms with Crippen LogP contribution in [0.2, 0.25) is 0 Å². The molecular weight excluding hydrogens is 288 g/mol. The molecule has 0 spiro atoms. The number of hydrogen-bond acceptors (Lipinski definition) is 0. The van der Waals surface area contributed by atoms with E-state index >= 15 is 0 Å². The van der Waals surface area contributed by atoms with Gasteiger partial charge >= 0.3 is 0 Å². The van der Waals surface area contributed by atoms with E-state index in [1.54, 1.807) is 0 Å². The summed E-state index contributed by atoms with van der Waals surface area (Å²) in [5, 5.41) is 0. The summed E-state index contributed by atoms with van der Waals surface area (Å²) in [6.07, 6.45) is 9.16. The minimum absolute atomic E-state index is 1.02. The zero-order chi connectivity index (χ0) is 16.6. The van der Waals surface area contributed by atoms with Crippen molar-refractivity contribution in [2.75, 3.05) is 0 Å². The van der Waals surface area contributed by atoms with Gasteiger partial charge in [0.15, 0.2) is 0 Å². The van der Waals surface area contributed by atoms with E-state index in [0.29, 0.717) is 0 Å². The van der Waals surface area contributed by atoms with Crippen LogP contribution >= 0.6 is 0 Å². The summed E-state index contributed by atoms with van der Waals surface area (Å²) in [5.41, 5.74) is 5.54. The van der Waals surface area contributed by atoms with Crippen molar-refractivity contribution in [2.24, 2.45) is 0 Å². The second kappa shape index (κ2) is 8.42. The molecule has 120 valence electrons. The molecule has 0 heterocycles. The minimum Gasteiger partial charge on any atom is -0.0654 e. The van der Waals surface area contributed by atoms with Gasteiger partial charge < -0.3 is 0 Å². The van der Waals surface area contributed by atoms with Crippen molar-refractivity contribution in [1.82, 2.24) is 0 Å². The highest BCUT2D eigenvalue weighted by Crippen LogP contribution is 2.16. The first-order valence-corrected chi connectivity index (χ1v) is 9.13. The van der Waals surface area contributed by atoms with E-state index in [1.165, 1.54) is 44.1 Å². The Morgan fingerprint density at radius 1 is 0.625 bits per heavy atom. The standard InChI is InChI=1S/C24H24/c1-2-3-4-5-6-7-10-20-13-14-23-16-15-21-11-8-9-12-22(21)17-18-24(23)19-20/h8-9,11-14,19H,2-7,10H2,1H3. The lowest BCUT2D eigenvalue weighted by atomic mass is 9.98. The van der Waals surface area contributed by atoms with Crippen molar-refractivity contribution in [3.63, 3.8) is 0 Å². The normalized spacial score (nSPS) is 11.0. The monoisotopic (exact) mass is 312 g/mol. The average molecular weight is 312 g/mol. The molecule has 0 amide bonds. The van der Waals surface area contributed by atoms with Crippen LogP contribution in [0, 0.1) is 23.7 Å². The Balaban J connectivity index is 1.68. The summed E-state index contributed by atoms with van der Waals surface area (Å²) in [4.78, 5) is 0. The molecule has 3 rings (SSSR count). The molecule has 0 nitrogen and oxygen atoms in total. The molecule has 2 aromatic rings. The number of unbranched alkanes of at least 4 members (excludes halogenated alkanes) is 5. The molecule has 0 atom stereocenters. The molecule has 1 aliphatic rings. The zero-order valence-electron chi connectivity index (χ0n) is 14.5. The Labute approximate surface area is 146 Å². The predicted molar refractivity (Wildman–Crippen MR) is 102 cm³/mol. The van der Waals surface area contributed by atoms with Crippen LogP contribution in [0.25, 0.3) is 0 Å². The maximum Gasteiger partial charge on any atom is 0.0408 e. The van der Waals surface area contributed by atoms with E-state index in [1.807, 2.05) is 24.3 Å². The maximum absolute atomic E-state index is 3.33. The molecule has 0 unspecified atom stereocenters. The highest BCUT2D eigenvalue weighted by Gasteiger charge is 2.04. The van der Waals surface area contributed by atoms with Crippen LogP contribution < -0.4 is 0 Å². The van der Waals surface area contributed by atoms with Gasteiger partial charge in [0, 0.05) is 22.3 Å². The van der Waals surface area contributed by atoms with Crippen LogP contribution in [0.4, 0.5) is 0 Å². The quantitative estimate of drug-likeness (QED) is 0.387. The van der Waals surface area contributed by atoms with E-state index in [4.69, 9.17) is 0 Å². The third kappa shape index (κ3) is 4.31. The summed E-state index contributed by atoms with van der Waals surface area (Å²) < 4.78 is 0. The molecule has 0 aliphatic heterocycles. The molecule has 0 radical (unpaired) electrons. The van der Waals surface area contributed by atoms with Gasteiger partial charge in [0.1, 0.15) is 0 Å². The Kier molecular flexibility index (Phi) is 5.76. The SMILES string of the molecule is CCCCCCCCc1ccc2c(c1)C#Cc1ccccc1C#C2. The lowest BCUT2D eigenvalue weighted by Crippen LogP contribution is -1.93. The van der Waals surface area contributed by atoms with Gasteiger partial charge in [-0.3, -0.25) is 0 Å². The molecule has 0 fully saturated rings. The molecule has 0 heteroatoms. The van der Waals surface area contributed by atoms with Gasteiger partial charge in [-0.2, -0.15) is 0 Å². The maximum atomic E-state index is 3.33. The average Bonchev–Trinajstić information content (AvgIpc) is 2.60. The molecule has 0 bridgehead atoms. The first kappa shape index (κ1) is 16.4. The lowest BCUT2D eigenvalue weighted by Gasteiger charge is -2.06. The van der Waals surface area contributed by atoms with E-state index in [-0.39, 0.29) is 0 Å². The number of rotatable bonds is 7. The minimum atomic E-state index is 1.02. The van der Waals surface area contributed by atoms with Crippen LogP contribution in [0.15, 0.2) is 42.5 Å². The molecule has 0 aromatic heterocycles. The summed E-state index contributed by atoms with van der Waals surface area (Å²) in [6.45, 7) is 2.26. The largest absolute Gasteiger partial charge is 0.0654 e. The Bertz CT molecular complexity index is 818. The second-order valence-electron chi connectivity index (χ2n) is 6.44. The number of fused-ring (bicyclic) bond motifs is 2. The van der Waals surface area contributed by atoms with Crippen molar-refractivity contribution in [2.45, 2.75) is 51.9 Å². The summed E-state index contributed by atoms with van der Waals surface area (Å²) in [7, 11) is 0. The fraction of sp³-hybridized carbons (Fsp3) is 0.333. The van der Waals surface area contributed by atoms with Crippen molar-refractivity contribution in [3.8, 4) is 23.7 Å². The second-order valence-corrected chi connectivity index (χ2v) is 6.44. The Hall–Kier alpha value is -2.44. The van der Waals surface area contributed by atoms with Crippen LogP contribution in [0.1, 0.15) is 73.3 Å². The van der Waals surface area contributed by atoms with Crippen molar-refractivity contribution in [1.29, 1.82) is 0 Å². The summed E-state index contributed by atoms with van der Waals surface area (Å²) in [6, 6.07) is 14.7. The Morgan fingerprint density at radius 2 is 1.21 bits per heavy atom. The van der Waals surface area contributed by atoms with Crippen molar-refractivity contribution < 1.29 is 0 Å². The van der Waals surface area contributed by atoms with Gasteiger partial charge in [-0.25, -0.2) is 0 Å². The highest BCUT2D eigenvalue weighted by atomic mass is 14.1. The molecule has 0 saturated heterocycles. The van der Waals surface area contributed by atoms with Gasteiger partial charge in [0.05, 0.1) is 0 Å². The third-order valence-corrected chi connectivity index (χ3v) is 4.49. The fourth-order valence-corrected chi connectivity index (χ4v) is 3.04. The zero-order valence-corrected chi connectivity index (χ0v) is 14.5. The van der Waals surface area contributed by atoms with E-state index < -0.39 is 0 Å². The predicted octanol–water partition coefficient (Wildman–Crippen LogP) is 5.70. The smallest absolute Gasteiger partial charge is 0.0408 e. The molecular formula is C24H24. The van der Waals surface area contributed by atoms with Crippen LogP contribution in [-0.2, 0) is 6.42 Å². The Morgan fingerprint density at radius 3 is 1.92 bits per heavy atom. The molecule has 24 heavy (non-hydrogen) atoms. The van der Waals surface area contributed by atoms with Crippen molar-refractivity contribution in [3.05, 3.63) is 70.3 Å². The fourth-order valence-electron chi connectivity index (χ4n) is 3.04. The third-order valence-electron chi connectivity index (χ3n) is 4.49. The van der Waals surface area contributed by atoms with Crippen LogP contribution in [-0.4, -0.2) is 0 Å². The summed E-state index contributed by atoms with van der Waals surface area (Å²) in [5.74, 6) is 13.2. The first-order chi connectivity index (χ1) is 11.9. The van der Waals surface area contributed by atoms with E-state index in [2.05, 4.69) is 48.8 Å². The van der Waals surface area contributed by atoms with Crippen LogP contribution in [0.5, 0.6) is 0 Å². The van der Waals surface area contributed by atoms with Gasteiger partial charge in [-0.15, -0.1) is 0 Å². The number of aryl methyl sites for hydroxylation is 1. The van der Waals surface area contributed by atoms with Gasteiger partial charge in [-0.1, -0.05) is 80.9 Å².